The Kier molecular flexibility index (Phi) is 7.60. The molecule has 2 atom stereocenters. The van der Waals surface area contributed by atoms with E-state index in [0.29, 0.717) is 40.8 Å². The second-order valence-electron chi connectivity index (χ2n) is 8.86. The minimum absolute atomic E-state index is 0.227. The zero-order valence-corrected chi connectivity index (χ0v) is 20.7. The van der Waals surface area contributed by atoms with Gasteiger partial charge in [0.25, 0.3) is 0 Å². The molecule has 1 saturated heterocycles. The number of urea groups is 1. The minimum Gasteiger partial charge on any atom is -0.493 e. The summed E-state index contributed by atoms with van der Waals surface area (Å²) in [5.74, 6) is 0.917. The molecule has 8 nitrogen and oxygen atoms in total. The number of para-hydroxylation sites is 1. The van der Waals surface area contributed by atoms with Crippen molar-refractivity contribution in [3.05, 3.63) is 70.4 Å². The third-order valence-corrected chi connectivity index (χ3v) is 6.60. The van der Waals surface area contributed by atoms with Crippen molar-refractivity contribution in [3.63, 3.8) is 0 Å². The fraction of sp³-hybridized carbons (Fsp3) is 0.407. The van der Waals surface area contributed by atoms with Gasteiger partial charge in [-0.25, -0.2) is 9.59 Å². The van der Waals surface area contributed by atoms with Crippen LogP contribution >= 0.6 is 0 Å². The van der Waals surface area contributed by atoms with E-state index in [2.05, 4.69) is 46.7 Å². The van der Waals surface area contributed by atoms with Crippen molar-refractivity contribution in [2.24, 2.45) is 0 Å². The Labute approximate surface area is 206 Å². The van der Waals surface area contributed by atoms with Crippen molar-refractivity contribution in [2.45, 2.75) is 32.2 Å². The lowest BCUT2D eigenvalue weighted by Gasteiger charge is -2.32. The number of hydrogen-bond acceptors (Lipinski definition) is 6. The first-order chi connectivity index (χ1) is 16.9. The van der Waals surface area contributed by atoms with Crippen LogP contribution in [-0.4, -0.2) is 57.4 Å². The molecule has 0 saturated carbocycles. The Balaban J connectivity index is 1.67. The molecule has 2 heterocycles. The molecule has 35 heavy (non-hydrogen) atoms. The number of methoxy groups -OCH3 is 2. The quantitative estimate of drug-likeness (QED) is 0.562. The van der Waals surface area contributed by atoms with Gasteiger partial charge < -0.3 is 24.8 Å². The van der Waals surface area contributed by atoms with Crippen molar-refractivity contribution < 1.29 is 23.8 Å². The molecule has 2 aliphatic rings. The van der Waals surface area contributed by atoms with E-state index in [4.69, 9.17) is 14.2 Å². The van der Waals surface area contributed by atoms with Crippen LogP contribution in [0.1, 0.15) is 42.0 Å². The zero-order chi connectivity index (χ0) is 24.9. The maximum absolute atomic E-state index is 13.2. The van der Waals surface area contributed by atoms with Gasteiger partial charge in [-0.05, 0) is 44.4 Å². The Morgan fingerprint density at radius 2 is 1.89 bits per heavy atom. The number of nitrogens with zero attached hydrogens (tertiary/aromatic N) is 1. The summed E-state index contributed by atoms with van der Waals surface area (Å²) in [6.07, 6.45) is 1.02. The first kappa shape index (κ1) is 24.6. The van der Waals surface area contributed by atoms with Crippen LogP contribution in [0.4, 0.5) is 4.79 Å². The van der Waals surface area contributed by atoms with Gasteiger partial charge in [-0.15, -0.1) is 0 Å². The molecule has 0 unspecified atom stereocenters. The normalized spacial score (nSPS) is 20.3. The van der Waals surface area contributed by atoms with Gasteiger partial charge in [0, 0.05) is 24.4 Å². The summed E-state index contributed by atoms with van der Waals surface area (Å²) in [4.78, 5) is 28.2. The molecule has 0 bridgehead atoms. The van der Waals surface area contributed by atoms with E-state index < -0.39 is 12.0 Å². The molecular weight excluding hydrogens is 446 g/mol. The van der Waals surface area contributed by atoms with Gasteiger partial charge in [-0.2, -0.15) is 0 Å². The van der Waals surface area contributed by atoms with Crippen molar-refractivity contribution in [3.8, 4) is 11.5 Å². The number of benzene rings is 2. The number of amides is 2. The van der Waals surface area contributed by atoms with Crippen LogP contribution in [0.3, 0.4) is 0 Å². The van der Waals surface area contributed by atoms with Gasteiger partial charge in [-0.1, -0.05) is 42.0 Å². The number of likely N-dealkylation sites (tertiary alicyclic amines) is 1. The van der Waals surface area contributed by atoms with Crippen LogP contribution in [0.2, 0.25) is 0 Å². The molecule has 1 fully saturated rings. The number of carbonyl (C=O) groups excluding carboxylic acids is 2. The molecule has 0 aliphatic carbocycles. The molecule has 186 valence electrons. The molecule has 0 spiro atoms. The average Bonchev–Trinajstić information content (AvgIpc) is 3.32. The molecular formula is C27H33N3O5. The highest BCUT2D eigenvalue weighted by Crippen LogP contribution is 2.39. The lowest BCUT2D eigenvalue weighted by atomic mass is 9.93. The molecule has 2 aromatic rings. The lowest BCUT2D eigenvalue weighted by Crippen LogP contribution is -2.48. The van der Waals surface area contributed by atoms with Crippen LogP contribution in [0.15, 0.2) is 53.7 Å². The molecule has 0 radical (unpaired) electrons. The van der Waals surface area contributed by atoms with Gasteiger partial charge in [-0.3, -0.25) is 4.90 Å². The number of aryl methyl sites for hydroxylation is 1. The first-order valence-electron chi connectivity index (χ1n) is 11.9. The summed E-state index contributed by atoms with van der Waals surface area (Å²) in [7, 11) is 3.09. The highest BCUT2D eigenvalue weighted by atomic mass is 16.5. The average molecular weight is 480 g/mol. The molecule has 2 aromatic carbocycles. The van der Waals surface area contributed by atoms with Gasteiger partial charge in [0.2, 0.25) is 0 Å². The van der Waals surface area contributed by atoms with E-state index in [1.54, 1.807) is 26.2 Å². The van der Waals surface area contributed by atoms with Gasteiger partial charge in [0.1, 0.15) is 0 Å². The fourth-order valence-electron chi connectivity index (χ4n) is 4.88. The zero-order valence-electron chi connectivity index (χ0n) is 20.7. The Morgan fingerprint density at radius 3 is 2.57 bits per heavy atom. The van der Waals surface area contributed by atoms with Crippen molar-refractivity contribution in [1.29, 1.82) is 0 Å². The number of ether oxygens (including phenoxy) is 3. The maximum atomic E-state index is 13.2. The summed E-state index contributed by atoms with van der Waals surface area (Å²) < 4.78 is 16.5. The highest BCUT2D eigenvalue weighted by Gasteiger charge is 2.37. The number of esters is 1. The first-order valence-corrected chi connectivity index (χ1v) is 11.9. The predicted molar refractivity (Wildman–Crippen MR) is 133 cm³/mol. The van der Waals surface area contributed by atoms with E-state index in [0.717, 1.165) is 19.5 Å². The molecule has 2 amide bonds. The van der Waals surface area contributed by atoms with Crippen molar-refractivity contribution in [1.82, 2.24) is 15.5 Å². The third kappa shape index (κ3) is 5.27. The summed E-state index contributed by atoms with van der Waals surface area (Å²) in [6, 6.07) is 12.9. The molecule has 8 heteroatoms. The largest absolute Gasteiger partial charge is 0.493 e. The summed E-state index contributed by atoms with van der Waals surface area (Å²) >= 11 is 0. The van der Waals surface area contributed by atoms with Crippen LogP contribution in [0, 0.1) is 6.92 Å². The summed E-state index contributed by atoms with van der Waals surface area (Å²) in [5, 5.41) is 5.76. The summed E-state index contributed by atoms with van der Waals surface area (Å²) in [6.45, 7) is 6.23. The number of rotatable bonds is 8. The smallest absolute Gasteiger partial charge is 0.338 e. The third-order valence-electron chi connectivity index (χ3n) is 6.60. The minimum atomic E-state index is -0.738. The van der Waals surface area contributed by atoms with Crippen LogP contribution < -0.4 is 20.1 Å². The monoisotopic (exact) mass is 479 g/mol. The van der Waals surface area contributed by atoms with Gasteiger partial charge in [0.05, 0.1) is 32.4 Å². The molecule has 2 N–H and O–H groups in total. The number of nitrogens with one attached hydrogen (secondary N) is 2. The number of carbonyl (C=O) groups is 2. The Hall–Kier alpha value is -3.52. The van der Waals surface area contributed by atoms with E-state index in [-0.39, 0.29) is 12.6 Å². The topological polar surface area (TPSA) is 89.1 Å². The second kappa shape index (κ2) is 10.8. The van der Waals surface area contributed by atoms with E-state index in [1.807, 2.05) is 6.07 Å². The molecule has 0 aromatic heterocycles. The van der Waals surface area contributed by atoms with E-state index in [9.17, 15) is 9.59 Å². The SMILES string of the molecule is CCOC(=O)C1=C(CN2CC[C@H](c3ccc(C)cc3)C2)NC(=O)N[C@@H]1c1cccc(OC)c1OC. The van der Waals surface area contributed by atoms with Crippen molar-refractivity contribution in [2.75, 3.05) is 40.5 Å². The Morgan fingerprint density at radius 1 is 1.11 bits per heavy atom. The van der Waals surface area contributed by atoms with Crippen LogP contribution in [0.5, 0.6) is 11.5 Å². The van der Waals surface area contributed by atoms with Gasteiger partial charge >= 0.3 is 12.0 Å². The number of hydrogen-bond donors (Lipinski definition) is 2. The highest BCUT2D eigenvalue weighted by molar-refractivity contribution is 5.95. The lowest BCUT2D eigenvalue weighted by molar-refractivity contribution is -0.139. The maximum Gasteiger partial charge on any atom is 0.338 e. The predicted octanol–water partition coefficient (Wildman–Crippen LogP) is 3.67. The van der Waals surface area contributed by atoms with Gasteiger partial charge in [0.15, 0.2) is 11.5 Å². The standard InChI is InChI=1S/C27H33N3O5/c1-5-35-26(31)23-21(16-30-14-13-19(15-30)18-11-9-17(2)10-12-18)28-27(32)29-24(23)20-7-6-8-22(33-3)25(20)34-4/h6-12,19,24H,5,13-16H2,1-4H3,(H2,28,29,32)/t19-,24+/m0/s1. The van der Waals surface area contributed by atoms with Crippen LogP contribution in [0.25, 0.3) is 0 Å². The van der Waals surface area contributed by atoms with E-state index in [1.165, 1.54) is 18.2 Å². The second-order valence-corrected chi connectivity index (χ2v) is 8.86. The van der Waals surface area contributed by atoms with Crippen LogP contribution in [-0.2, 0) is 9.53 Å². The summed E-state index contributed by atoms with van der Waals surface area (Å²) in [5.41, 5.74) is 4.10. The molecule has 2 aliphatic heterocycles. The fourth-order valence-corrected chi connectivity index (χ4v) is 4.88. The van der Waals surface area contributed by atoms with Crippen molar-refractivity contribution >= 4 is 12.0 Å². The Bertz CT molecular complexity index is 1110. The molecule has 4 rings (SSSR count). The van der Waals surface area contributed by atoms with E-state index >= 15 is 0 Å².